The van der Waals surface area contributed by atoms with Crippen molar-refractivity contribution < 1.29 is 9.53 Å². The molecule has 0 saturated carbocycles. The van der Waals surface area contributed by atoms with Gasteiger partial charge < -0.3 is 14.5 Å². The Kier molecular flexibility index (Phi) is 5.07. The third-order valence-electron chi connectivity index (χ3n) is 4.61. The molecule has 2 fully saturated rings. The summed E-state index contributed by atoms with van der Waals surface area (Å²) in [7, 11) is 0. The zero-order chi connectivity index (χ0) is 16.4. The van der Waals surface area contributed by atoms with Crippen molar-refractivity contribution >= 4 is 23.3 Å². The minimum atomic E-state index is 0.121. The van der Waals surface area contributed by atoms with Crippen LogP contribution in [0.1, 0.15) is 26.7 Å². The Morgan fingerprint density at radius 2 is 1.87 bits per heavy atom. The van der Waals surface area contributed by atoms with Gasteiger partial charge in [-0.05, 0) is 38.8 Å². The molecule has 0 N–H and O–H groups in total. The van der Waals surface area contributed by atoms with E-state index in [1.54, 1.807) is 6.20 Å². The number of morpholine rings is 1. The van der Waals surface area contributed by atoms with E-state index in [2.05, 4.69) is 9.88 Å². The maximum absolute atomic E-state index is 12.8. The van der Waals surface area contributed by atoms with Crippen molar-refractivity contribution in [2.45, 2.75) is 38.9 Å². The third kappa shape index (κ3) is 3.96. The van der Waals surface area contributed by atoms with Crippen LogP contribution in [0.4, 0.5) is 5.82 Å². The van der Waals surface area contributed by atoms with Crippen molar-refractivity contribution in [1.29, 1.82) is 0 Å². The molecule has 2 atom stereocenters. The first-order valence-corrected chi connectivity index (χ1v) is 8.71. The normalized spacial score (nSPS) is 26.4. The molecular weight excluding hydrogens is 314 g/mol. The molecule has 2 aliphatic rings. The number of carbonyl (C=O) groups excluding carboxylic acids is 1. The summed E-state index contributed by atoms with van der Waals surface area (Å²) in [5.74, 6) is 1.35. The van der Waals surface area contributed by atoms with Crippen molar-refractivity contribution in [1.82, 2.24) is 9.88 Å². The Morgan fingerprint density at radius 3 is 2.43 bits per heavy atom. The minimum Gasteiger partial charge on any atom is -0.372 e. The quantitative estimate of drug-likeness (QED) is 0.832. The number of amides is 1. The number of hydrogen-bond acceptors (Lipinski definition) is 4. The first-order valence-electron chi connectivity index (χ1n) is 8.33. The number of ether oxygens (including phenoxy) is 1. The zero-order valence-corrected chi connectivity index (χ0v) is 14.5. The molecule has 3 rings (SSSR count). The van der Waals surface area contributed by atoms with Gasteiger partial charge in [0.25, 0.3) is 0 Å². The molecule has 1 aromatic heterocycles. The van der Waals surface area contributed by atoms with E-state index < -0.39 is 0 Å². The summed E-state index contributed by atoms with van der Waals surface area (Å²) in [6, 6.07) is 3.80. The van der Waals surface area contributed by atoms with Gasteiger partial charge in [0.2, 0.25) is 5.91 Å². The molecular formula is C17H24ClN3O2. The minimum absolute atomic E-state index is 0.121. The summed E-state index contributed by atoms with van der Waals surface area (Å²) in [4.78, 5) is 21.3. The maximum atomic E-state index is 12.8. The summed E-state index contributed by atoms with van der Waals surface area (Å²) < 4.78 is 5.72. The first kappa shape index (κ1) is 16.5. The first-order chi connectivity index (χ1) is 11.0. The summed E-state index contributed by atoms with van der Waals surface area (Å²) in [6.07, 6.45) is 3.68. The highest BCUT2D eigenvalue weighted by molar-refractivity contribution is 6.30. The molecule has 0 aliphatic carbocycles. The molecule has 126 valence electrons. The van der Waals surface area contributed by atoms with Gasteiger partial charge in [0.15, 0.2) is 0 Å². The molecule has 0 radical (unpaired) electrons. The Hall–Kier alpha value is -1.33. The average molecular weight is 338 g/mol. The Morgan fingerprint density at radius 1 is 1.22 bits per heavy atom. The molecule has 0 unspecified atom stereocenters. The van der Waals surface area contributed by atoms with Gasteiger partial charge in [-0.1, -0.05) is 11.6 Å². The SMILES string of the molecule is C[C@@H]1CN(C(=O)C2CCN(c3ccc(Cl)cn3)CC2)C[C@H](C)O1. The van der Waals surface area contributed by atoms with E-state index in [9.17, 15) is 4.79 Å². The Bertz CT molecular complexity index is 533. The van der Waals surface area contributed by atoms with Crippen molar-refractivity contribution in [2.24, 2.45) is 5.92 Å². The van der Waals surface area contributed by atoms with Crippen molar-refractivity contribution in [2.75, 3.05) is 31.1 Å². The lowest BCUT2D eigenvalue weighted by Crippen LogP contribution is -2.51. The van der Waals surface area contributed by atoms with Gasteiger partial charge in [-0.25, -0.2) is 4.98 Å². The largest absolute Gasteiger partial charge is 0.372 e. The second-order valence-corrected chi connectivity index (χ2v) is 7.03. The summed E-state index contributed by atoms with van der Waals surface area (Å²) in [6.45, 7) is 7.21. The van der Waals surface area contributed by atoms with E-state index in [1.165, 1.54) is 0 Å². The number of halogens is 1. The molecule has 3 heterocycles. The highest BCUT2D eigenvalue weighted by atomic mass is 35.5. The molecule has 23 heavy (non-hydrogen) atoms. The molecule has 0 spiro atoms. The monoisotopic (exact) mass is 337 g/mol. The van der Waals surface area contributed by atoms with Crippen molar-refractivity contribution in [3.8, 4) is 0 Å². The van der Waals surface area contributed by atoms with E-state index in [1.807, 2.05) is 30.9 Å². The van der Waals surface area contributed by atoms with Gasteiger partial charge >= 0.3 is 0 Å². The predicted octanol–water partition coefficient (Wildman–Crippen LogP) is 2.59. The lowest BCUT2D eigenvalue weighted by molar-refractivity contribution is -0.148. The number of rotatable bonds is 2. The van der Waals surface area contributed by atoms with Gasteiger partial charge in [-0.3, -0.25) is 4.79 Å². The Labute approximate surface area is 142 Å². The summed E-state index contributed by atoms with van der Waals surface area (Å²) in [5, 5.41) is 0.648. The number of anilines is 1. The highest BCUT2D eigenvalue weighted by Crippen LogP contribution is 2.25. The number of nitrogens with zero attached hydrogens (tertiary/aromatic N) is 3. The third-order valence-corrected chi connectivity index (χ3v) is 4.83. The Balaban J connectivity index is 1.56. The standard InChI is InChI=1S/C17H24ClN3O2/c1-12-10-21(11-13(2)23-12)17(22)14-5-7-20(8-6-14)16-4-3-15(18)9-19-16/h3-4,9,12-14H,5-8,10-11H2,1-2H3/t12-,13+. The number of piperidine rings is 1. The van der Waals surface area contributed by atoms with E-state index in [4.69, 9.17) is 16.3 Å². The zero-order valence-electron chi connectivity index (χ0n) is 13.7. The molecule has 6 heteroatoms. The van der Waals surface area contributed by atoms with Crippen LogP contribution in [0.2, 0.25) is 5.02 Å². The summed E-state index contributed by atoms with van der Waals surface area (Å²) in [5.41, 5.74) is 0. The summed E-state index contributed by atoms with van der Waals surface area (Å²) >= 11 is 5.88. The molecule has 0 bridgehead atoms. The van der Waals surface area contributed by atoms with Crippen LogP contribution < -0.4 is 4.90 Å². The van der Waals surface area contributed by atoms with Crippen LogP contribution >= 0.6 is 11.6 Å². The van der Waals surface area contributed by atoms with Gasteiger partial charge in [-0.2, -0.15) is 0 Å². The predicted molar refractivity (Wildman–Crippen MR) is 90.8 cm³/mol. The van der Waals surface area contributed by atoms with Crippen LogP contribution in [0.5, 0.6) is 0 Å². The van der Waals surface area contributed by atoms with E-state index >= 15 is 0 Å². The van der Waals surface area contributed by atoms with Gasteiger partial charge in [0.1, 0.15) is 5.82 Å². The van der Waals surface area contributed by atoms with Gasteiger partial charge in [-0.15, -0.1) is 0 Å². The second-order valence-electron chi connectivity index (χ2n) is 6.60. The van der Waals surface area contributed by atoms with Crippen LogP contribution in [0.25, 0.3) is 0 Å². The molecule has 1 amide bonds. The van der Waals surface area contributed by atoms with Gasteiger partial charge in [0, 0.05) is 38.3 Å². The second kappa shape index (κ2) is 7.05. The van der Waals surface area contributed by atoms with Crippen LogP contribution in [0, 0.1) is 5.92 Å². The fourth-order valence-corrected chi connectivity index (χ4v) is 3.64. The average Bonchev–Trinajstić information content (AvgIpc) is 2.54. The van der Waals surface area contributed by atoms with E-state index in [0.717, 1.165) is 31.7 Å². The van der Waals surface area contributed by atoms with E-state index in [0.29, 0.717) is 18.1 Å². The van der Waals surface area contributed by atoms with Crippen molar-refractivity contribution in [3.05, 3.63) is 23.4 Å². The maximum Gasteiger partial charge on any atom is 0.225 e. The van der Waals surface area contributed by atoms with Crippen molar-refractivity contribution in [3.63, 3.8) is 0 Å². The highest BCUT2D eigenvalue weighted by Gasteiger charge is 2.32. The number of aromatic nitrogens is 1. The van der Waals surface area contributed by atoms with E-state index in [-0.39, 0.29) is 24.0 Å². The van der Waals surface area contributed by atoms with Crippen LogP contribution in [0.3, 0.4) is 0 Å². The number of pyridine rings is 1. The van der Waals surface area contributed by atoms with Crippen LogP contribution in [-0.4, -0.2) is 54.2 Å². The molecule has 0 aromatic carbocycles. The topological polar surface area (TPSA) is 45.7 Å². The molecule has 2 aliphatic heterocycles. The smallest absolute Gasteiger partial charge is 0.225 e. The molecule has 2 saturated heterocycles. The lowest BCUT2D eigenvalue weighted by atomic mass is 9.94. The van der Waals surface area contributed by atoms with Crippen LogP contribution in [-0.2, 0) is 9.53 Å². The molecule has 1 aromatic rings. The number of carbonyl (C=O) groups is 1. The fraction of sp³-hybridized carbons (Fsp3) is 0.647. The molecule has 5 nitrogen and oxygen atoms in total. The fourth-order valence-electron chi connectivity index (χ4n) is 3.53. The lowest BCUT2D eigenvalue weighted by Gasteiger charge is -2.39. The van der Waals surface area contributed by atoms with Crippen LogP contribution in [0.15, 0.2) is 18.3 Å². The number of hydrogen-bond donors (Lipinski definition) is 0. The van der Waals surface area contributed by atoms with Gasteiger partial charge in [0.05, 0.1) is 17.2 Å².